The fraction of sp³-hybridized carbons (Fsp3) is 0.600. The van der Waals surface area contributed by atoms with E-state index >= 15 is 0 Å². The Kier molecular flexibility index (Phi) is 2.47. The van der Waals surface area contributed by atoms with Gasteiger partial charge in [0.15, 0.2) is 5.15 Å². The molecule has 2 rings (SSSR count). The van der Waals surface area contributed by atoms with Crippen molar-refractivity contribution in [3.63, 3.8) is 0 Å². The van der Waals surface area contributed by atoms with Gasteiger partial charge in [0.25, 0.3) is 0 Å². The number of aryl methyl sites for hydroxylation is 1. The van der Waals surface area contributed by atoms with Crippen molar-refractivity contribution in [1.29, 1.82) is 0 Å². The molecule has 0 bridgehead atoms. The summed E-state index contributed by atoms with van der Waals surface area (Å²) in [5.41, 5.74) is 6.19. The first-order valence-corrected chi connectivity index (χ1v) is 5.54. The van der Waals surface area contributed by atoms with Crippen molar-refractivity contribution in [3.8, 4) is 0 Å². The minimum absolute atomic E-state index is 0.0400. The van der Waals surface area contributed by atoms with E-state index in [1.165, 1.54) is 0 Å². The maximum atomic E-state index is 6.14. The predicted octanol–water partition coefficient (Wildman–Crippen LogP) is 1.48. The fourth-order valence-corrected chi connectivity index (χ4v) is 2.00. The van der Waals surface area contributed by atoms with Crippen molar-refractivity contribution < 1.29 is 0 Å². The zero-order valence-electron chi connectivity index (χ0n) is 9.95. The number of hydrogen-bond donors (Lipinski definition) is 1. The number of halogens is 1. The zero-order chi connectivity index (χ0) is 12.1. The number of imidazole rings is 1. The largest absolute Gasteiger partial charge is 0.325 e. The van der Waals surface area contributed by atoms with E-state index < -0.39 is 0 Å². The van der Waals surface area contributed by atoms with Gasteiger partial charge in [-0.15, -0.1) is 5.10 Å². The summed E-state index contributed by atoms with van der Waals surface area (Å²) in [5, 5.41) is 4.98. The smallest absolute Gasteiger partial charge is 0.233 e. The summed E-state index contributed by atoms with van der Waals surface area (Å²) >= 11 is 6.14. The second kappa shape index (κ2) is 3.46. The monoisotopic (exact) mass is 241 g/mol. The Morgan fingerprint density at radius 2 is 2.00 bits per heavy atom. The first kappa shape index (κ1) is 11.4. The zero-order valence-corrected chi connectivity index (χ0v) is 10.7. The molecule has 0 radical (unpaired) electrons. The van der Waals surface area contributed by atoms with Gasteiger partial charge < -0.3 is 5.73 Å². The standard InChI is InChI=1S/C10H16ClN5/c1-10(2,3)8-14-16-7(11)6(5-12)13-9(16)15(8)4/h5,12H2,1-4H3. The van der Waals surface area contributed by atoms with Crippen LogP contribution in [-0.2, 0) is 19.0 Å². The van der Waals surface area contributed by atoms with E-state index in [1.807, 2.05) is 11.6 Å². The highest BCUT2D eigenvalue weighted by Gasteiger charge is 2.24. The molecular formula is C10H16ClN5. The Labute approximate surface area is 99.2 Å². The Hall–Kier alpha value is -1.07. The Morgan fingerprint density at radius 1 is 1.38 bits per heavy atom. The molecule has 0 saturated heterocycles. The second-order valence-electron chi connectivity index (χ2n) is 4.90. The molecule has 6 heteroatoms. The van der Waals surface area contributed by atoms with Crippen LogP contribution in [0.2, 0.25) is 5.15 Å². The van der Waals surface area contributed by atoms with Crippen LogP contribution in [0, 0.1) is 0 Å². The third kappa shape index (κ3) is 1.51. The fourth-order valence-electron chi connectivity index (χ4n) is 1.77. The molecule has 0 spiro atoms. The van der Waals surface area contributed by atoms with Crippen molar-refractivity contribution >= 4 is 17.4 Å². The maximum Gasteiger partial charge on any atom is 0.233 e. The van der Waals surface area contributed by atoms with Gasteiger partial charge in [0.2, 0.25) is 5.78 Å². The molecule has 0 aliphatic heterocycles. The molecule has 0 unspecified atom stereocenters. The molecular weight excluding hydrogens is 226 g/mol. The Bertz CT molecular complexity index is 531. The van der Waals surface area contributed by atoms with E-state index in [4.69, 9.17) is 17.3 Å². The van der Waals surface area contributed by atoms with Crippen LogP contribution in [0.5, 0.6) is 0 Å². The average molecular weight is 242 g/mol. The highest BCUT2D eigenvalue weighted by atomic mass is 35.5. The lowest BCUT2D eigenvalue weighted by molar-refractivity contribution is 0.519. The normalized spacial score (nSPS) is 12.6. The van der Waals surface area contributed by atoms with Crippen LogP contribution < -0.4 is 5.73 Å². The van der Waals surface area contributed by atoms with Gasteiger partial charge in [0, 0.05) is 19.0 Å². The van der Waals surface area contributed by atoms with E-state index in [0.29, 0.717) is 17.4 Å². The summed E-state index contributed by atoms with van der Waals surface area (Å²) < 4.78 is 3.59. The van der Waals surface area contributed by atoms with Gasteiger partial charge in [-0.05, 0) is 0 Å². The summed E-state index contributed by atoms with van der Waals surface area (Å²) in [4.78, 5) is 4.37. The molecule has 88 valence electrons. The van der Waals surface area contributed by atoms with Crippen LogP contribution in [0.3, 0.4) is 0 Å². The van der Waals surface area contributed by atoms with Crippen LogP contribution in [-0.4, -0.2) is 19.2 Å². The number of nitrogens with zero attached hydrogens (tertiary/aromatic N) is 4. The van der Waals surface area contributed by atoms with Crippen LogP contribution in [0.25, 0.3) is 5.78 Å². The second-order valence-corrected chi connectivity index (χ2v) is 5.26. The third-order valence-electron chi connectivity index (χ3n) is 2.53. The number of fused-ring (bicyclic) bond motifs is 1. The minimum Gasteiger partial charge on any atom is -0.325 e. The third-order valence-corrected chi connectivity index (χ3v) is 2.90. The predicted molar refractivity (Wildman–Crippen MR) is 63.6 cm³/mol. The molecule has 0 aliphatic carbocycles. The van der Waals surface area contributed by atoms with Crippen LogP contribution in [0.1, 0.15) is 32.3 Å². The summed E-state index contributed by atoms with van der Waals surface area (Å²) in [6.07, 6.45) is 0. The molecule has 0 fully saturated rings. The lowest BCUT2D eigenvalue weighted by Gasteiger charge is -2.16. The van der Waals surface area contributed by atoms with Crippen molar-refractivity contribution in [3.05, 3.63) is 16.7 Å². The SMILES string of the molecule is Cn1c(C(C)(C)C)nn2c(Cl)c(CN)nc12. The van der Waals surface area contributed by atoms with Gasteiger partial charge in [-0.25, -0.2) is 4.98 Å². The van der Waals surface area contributed by atoms with Crippen molar-refractivity contribution in [1.82, 2.24) is 19.2 Å². The summed E-state index contributed by atoms with van der Waals surface area (Å²) in [7, 11) is 1.94. The van der Waals surface area contributed by atoms with Crippen LogP contribution >= 0.6 is 11.6 Å². The quantitative estimate of drug-likeness (QED) is 0.823. The summed E-state index contributed by atoms with van der Waals surface area (Å²) in [5.74, 6) is 1.68. The van der Waals surface area contributed by atoms with E-state index in [2.05, 4.69) is 30.9 Å². The van der Waals surface area contributed by atoms with Gasteiger partial charge in [0.05, 0.1) is 5.69 Å². The Morgan fingerprint density at radius 3 is 2.44 bits per heavy atom. The maximum absolute atomic E-state index is 6.14. The molecule has 0 aliphatic rings. The molecule has 0 amide bonds. The molecule has 0 saturated carbocycles. The van der Waals surface area contributed by atoms with Crippen molar-refractivity contribution in [2.75, 3.05) is 0 Å². The molecule has 0 aromatic carbocycles. The lowest BCUT2D eigenvalue weighted by Crippen LogP contribution is -2.17. The van der Waals surface area contributed by atoms with E-state index in [-0.39, 0.29) is 5.41 Å². The van der Waals surface area contributed by atoms with E-state index in [0.717, 1.165) is 11.6 Å². The molecule has 5 nitrogen and oxygen atoms in total. The van der Waals surface area contributed by atoms with Crippen molar-refractivity contribution in [2.24, 2.45) is 12.8 Å². The number of rotatable bonds is 1. The van der Waals surface area contributed by atoms with Gasteiger partial charge in [0.1, 0.15) is 5.82 Å². The van der Waals surface area contributed by atoms with Crippen LogP contribution in [0.4, 0.5) is 0 Å². The summed E-state index contributed by atoms with van der Waals surface area (Å²) in [6, 6.07) is 0. The minimum atomic E-state index is -0.0400. The Balaban J connectivity index is 2.72. The number of nitrogens with two attached hydrogens (primary N) is 1. The molecule has 0 atom stereocenters. The highest BCUT2D eigenvalue weighted by molar-refractivity contribution is 6.30. The molecule has 2 aromatic rings. The first-order chi connectivity index (χ1) is 7.36. The molecule has 16 heavy (non-hydrogen) atoms. The lowest BCUT2D eigenvalue weighted by atomic mass is 9.96. The van der Waals surface area contributed by atoms with Gasteiger partial charge >= 0.3 is 0 Å². The first-order valence-electron chi connectivity index (χ1n) is 5.16. The summed E-state index contributed by atoms with van der Waals surface area (Å²) in [6.45, 7) is 6.64. The number of hydrogen-bond acceptors (Lipinski definition) is 3. The van der Waals surface area contributed by atoms with Crippen LogP contribution in [0.15, 0.2) is 0 Å². The van der Waals surface area contributed by atoms with Crippen molar-refractivity contribution in [2.45, 2.75) is 32.7 Å². The van der Waals surface area contributed by atoms with Gasteiger partial charge in [-0.2, -0.15) is 4.52 Å². The molecule has 2 heterocycles. The van der Waals surface area contributed by atoms with Gasteiger partial charge in [-0.1, -0.05) is 32.4 Å². The molecule has 2 N–H and O–H groups in total. The van der Waals surface area contributed by atoms with E-state index in [1.54, 1.807) is 4.52 Å². The topological polar surface area (TPSA) is 61.1 Å². The molecule has 2 aromatic heterocycles. The van der Waals surface area contributed by atoms with E-state index in [9.17, 15) is 0 Å². The highest BCUT2D eigenvalue weighted by Crippen LogP contribution is 2.24. The number of aromatic nitrogens is 4. The average Bonchev–Trinajstić information content (AvgIpc) is 2.65. The van der Waals surface area contributed by atoms with Gasteiger partial charge in [-0.3, -0.25) is 4.57 Å².